The highest BCUT2D eigenvalue weighted by molar-refractivity contribution is 7.92. The minimum absolute atomic E-state index is 0.0426. The van der Waals surface area contributed by atoms with Gasteiger partial charge in [-0.05, 0) is 36.5 Å². The molecule has 11 nitrogen and oxygen atoms in total. The van der Waals surface area contributed by atoms with Gasteiger partial charge in [-0.1, -0.05) is 45.0 Å². The third-order valence-corrected chi connectivity index (χ3v) is 7.12. The molecule has 0 saturated carbocycles. The number of aryl methyl sites for hydroxylation is 1. The average molecular weight is 549 g/mol. The summed E-state index contributed by atoms with van der Waals surface area (Å²) in [7, 11) is -2.80. The molecule has 0 unspecified atom stereocenters. The standard InChI is InChI=1S/C26H36N4O7S/c1-7-22(26(32)27-15-18(2)3)28(16-20-11-9-8-10-19(20)4)25(31)17-29(38(6,35)36)23-14-21(30(33)34)12-13-24(23)37-5/h8-14,18,22H,7,15-17H2,1-6H3,(H,27,32)/t22-/m0/s1. The second kappa shape index (κ2) is 13.2. The molecule has 38 heavy (non-hydrogen) atoms. The van der Waals surface area contributed by atoms with Gasteiger partial charge in [-0.2, -0.15) is 0 Å². The number of methoxy groups -OCH3 is 1. The van der Waals surface area contributed by atoms with Crippen LogP contribution in [0.3, 0.4) is 0 Å². The summed E-state index contributed by atoms with van der Waals surface area (Å²) < 4.78 is 31.7. The van der Waals surface area contributed by atoms with Crippen LogP contribution in [0.2, 0.25) is 0 Å². The normalized spacial score (nSPS) is 12.1. The van der Waals surface area contributed by atoms with Crippen LogP contribution < -0.4 is 14.4 Å². The molecule has 0 radical (unpaired) electrons. The van der Waals surface area contributed by atoms with Crippen LogP contribution in [-0.4, -0.2) is 62.6 Å². The van der Waals surface area contributed by atoms with E-state index in [1.807, 2.05) is 45.0 Å². The number of sulfonamides is 1. The van der Waals surface area contributed by atoms with Crippen LogP contribution in [0.5, 0.6) is 5.75 Å². The maximum atomic E-state index is 13.8. The summed E-state index contributed by atoms with van der Waals surface area (Å²) in [5.41, 5.74) is 1.20. The second-order valence-corrected chi connectivity index (χ2v) is 11.3. The van der Waals surface area contributed by atoms with Crippen molar-refractivity contribution in [1.82, 2.24) is 10.2 Å². The number of hydrogen-bond donors (Lipinski definition) is 1. The lowest BCUT2D eigenvalue weighted by Crippen LogP contribution is -2.52. The molecule has 0 spiro atoms. The molecule has 2 aromatic rings. The van der Waals surface area contributed by atoms with Crippen LogP contribution in [0.15, 0.2) is 42.5 Å². The lowest BCUT2D eigenvalue weighted by molar-refractivity contribution is -0.384. The molecule has 0 aliphatic carbocycles. The fourth-order valence-electron chi connectivity index (χ4n) is 3.89. The number of nitro groups is 1. The number of carbonyl (C=O) groups excluding carboxylic acids is 2. The van der Waals surface area contributed by atoms with E-state index in [1.54, 1.807) is 6.92 Å². The Morgan fingerprint density at radius 2 is 1.82 bits per heavy atom. The van der Waals surface area contributed by atoms with Crippen molar-refractivity contribution in [3.8, 4) is 5.75 Å². The van der Waals surface area contributed by atoms with Gasteiger partial charge in [0, 0.05) is 25.2 Å². The fraction of sp³-hybridized carbons (Fsp3) is 0.462. The predicted molar refractivity (Wildman–Crippen MR) is 145 cm³/mol. The molecule has 1 N–H and O–H groups in total. The molecule has 0 heterocycles. The Labute approximate surface area is 224 Å². The van der Waals surface area contributed by atoms with E-state index in [-0.39, 0.29) is 35.5 Å². The first-order valence-corrected chi connectivity index (χ1v) is 14.1. The first kappa shape index (κ1) is 30.6. The van der Waals surface area contributed by atoms with E-state index in [0.717, 1.165) is 27.8 Å². The Kier molecular flexibility index (Phi) is 10.6. The minimum atomic E-state index is -4.09. The monoisotopic (exact) mass is 548 g/mol. The van der Waals surface area contributed by atoms with Crippen LogP contribution in [0, 0.1) is 23.0 Å². The van der Waals surface area contributed by atoms with Gasteiger partial charge in [-0.15, -0.1) is 0 Å². The van der Waals surface area contributed by atoms with Crippen molar-refractivity contribution in [3.63, 3.8) is 0 Å². The van der Waals surface area contributed by atoms with Gasteiger partial charge in [0.2, 0.25) is 21.8 Å². The summed E-state index contributed by atoms with van der Waals surface area (Å²) in [6.07, 6.45) is 1.19. The van der Waals surface area contributed by atoms with E-state index >= 15 is 0 Å². The van der Waals surface area contributed by atoms with Crippen LogP contribution >= 0.6 is 0 Å². The topological polar surface area (TPSA) is 139 Å². The number of rotatable bonds is 13. The van der Waals surface area contributed by atoms with Gasteiger partial charge in [0.1, 0.15) is 24.0 Å². The van der Waals surface area contributed by atoms with Gasteiger partial charge in [0.15, 0.2) is 0 Å². The van der Waals surface area contributed by atoms with Crippen molar-refractivity contribution < 1.29 is 27.7 Å². The summed E-state index contributed by atoms with van der Waals surface area (Å²) in [6, 6.07) is 10.0. The zero-order valence-corrected chi connectivity index (χ0v) is 23.4. The molecular weight excluding hydrogens is 512 g/mol. The Balaban J connectivity index is 2.56. The maximum absolute atomic E-state index is 13.8. The highest BCUT2D eigenvalue weighted by Crippen LogP contribution is 2.34. The molecule has 1 atom stereocenters. The van der Waals surface area contributed by atoms with Crippen LogP contribution in [-0.2, 0) is 26.2 Å². The van der Waals surface area contributed by atoms with E-state index in [0.29, 0.717) is 13.0 Å². The van der Waals surface area contributed by atoms with E-state index < -0.39 is 33.4 Å². The highest BCUT2D eigenvalue weighted by Gasteiger charge is 2.33. The number of carbonyl (C=O) groups is 2. The summed E-state index contributed by atoms with van der Waals surface area (Å²) in [4.78, 5) is 39.0. The van der Waals surface area contributed by atoms with Gasteiger partial charge < -0.3 is 15.0 Å². The number of nitrogens with one attached hydrogen (secondary N) is 1. The number of amides is 2. The molecule has 208 valence electrons. The number of hydrogen-bond acceptors (Lipinski definition) is 7. The van der Waals surface area contributed by atoms with Crippen molar-refractivity contribution >= 4 is 33.2 Å². The van der Waals surface area contributed by atoms with Gasteiger partial charge in [-0.25, -0.2) is 8.42 Å². The molecular formula is C26H36N4O7S. The Hall–Kier alpha value is -3.67. The maximum Gasteiger partial charge on any atom is 0.271 e. The SMILES string of the molecule is CC[C@@H](C(=O)NCC(C)C)N(Cc1ccccc1C)C(=O)CN(c1cc([N+](=O)[O-])ccc1OC)S(C)(=O)=O. The summed E-state index contributed by atoms with van der Waals surface area (Å²) in [5, 5.41) is 14.2. The Morgan fingerprint density at radius 3 is 2.34 bits per heavy atom. The predicted octanol–water partition coefficient (Wildman–Crippen LogP) is 3.26. The molecule has 0 aromatic heterocycles. The fourth-order valence-corrected chi connectivity index (χ4v) is 4.74. The average Bonchev–Trinajstić information content (AvgIpc) is 2.85. The number of ether oxygens (including phenoxy) is 1. The third-order valence-electron chi connectivity index (χ3n) is 5.99. The van der Waals surface area contributed by atoms with E-state index in [1.165, 1.54) is 24.1 Å². The minimum Gasteiger partial charge on any atom is -0.495 e. The smallest absolute Gasteiger partial charge is 0.271 e. The molecule has 2 aromatic carbocycles. The van der Waals surface area contributed by atoms with Crippen molar-refractivity contribution in [3.05, 3.63) is 63.7 Å². The van der Waals surface area contributed by atoms with E-state index in [9.17, 15) is 28.1 Å². The lowest BCUT2D eigenvalue weighted by Gasteiger charge is -2.33. The Bertz CT molecular complexity index is 1260. The van der Waals surface area contributed by atoms with Crippen molar-refractivity contribution in [2.24, 2.45) is 5.92 Å². The van der Waals surface area contributed by atoms with Crippen LogP contribution in [0.4, 0.5) is 11.4 Å². The number of non-ortho nitro benzene ring substituents is 1. The first-order valence-electron chi connectivity index (χ1n) is 12.2. The molecule has 0 saturated heterocycles. The third kappa shape index (κ3) is 7.91. The summed E-state index contributed by atoms with van der Waals surface area (Å²) in [5.74, 6) is -0.749. The Morgan fingerprint density at radius 1 is 1.16 bits per heavy atom. The van der Waals surface area contributed by atoms with Crippen molar-refractivity contribution in [2.75, 3.05) is 30.8 Å². The number of nitro benzene ring substituents is 1. The van der Waals surface area contributed by atoms with Gasteiger partial charge >= 0.3 is 0 Å². The summed E-state index contributed by atoms with van der Waals surface area (Å²) >= 11 is 0. The quantitative estimate of drug-likeness (QED) is 0.299. The van der Waals surface area contributed by atoms with Gasteiger partial charge in [-0.3, -0.25) is 24.0 Å². The molecule has 0 fully saturated rings. The molecule has 12 heteroatoms. The second-order valence-electron chi connectivity index (χ2n) is 9.39. The van der Waals surface area contributed by atoms with Gasteiger partial charge in [0.05, 0.1) is 18.3 Å². The van der Waals surface area contributed by atoms with Crippen LogP contribution in [0.25, 0.3) is 0 Å². The van der Waals surface area contributed by atoms with E-state index in [4.69, 9.17) is 4.74 Å². The molecule has 2 amide bonds. The number of benzene rings is 2. The number of anilines is 1. The highest BCUT2D eigenvalue weighted by atomic mass is 32.2. The lowest BCUT2D eigenvalue weighted by atomic mass is 10.1. The number of nitrogens with zero attached hydrogens (tertiary/aromatic N) is 3. The summed E-state index contributed by atoms with van der Waals surface area (Å²) in [6.45, 7) is 7.37. The van der Waals surface area contributed by atoms with Crippen molar-refractivity contribution in [1.29, 1.82) is 0 Å². The van der Waals surface area contributed by atoms with Gasteiger partial charge in [0.25, 0.3) is 5.69 Å². The zero-order valence-electron chi connectivity index (χ0n) is 22.6. The molecule has 2 rings (SSSR count). The van der Waals surface area contributed by atoms with Crippen molar-refractivity contribution in [2.45, 2.75) is 46.7 Å². The van der Waals surface area contributed by atoms with Crippen LogP contribution in [0.1, 0.15) is 38.3 Å². The van der Waals surface area contributed by atoms with E-state index in [2.05, 4.69) is 5.32 Å². The molecule has 0 aliphatic rings. The molecule has 0 bridgehead atoms. The largest absolute Gasteiger partial charge is 0.495 e. The molecule has 0 aliphatic heterocycles. The zero-order chi connectivity index (χ0) is 28.6. The first-order chi connectivity index (χ1) is 17.8.